The highest BCUT2D eigenvalue weighted by Crippen LogP contribution is 2.35. The third kappa shape index (κ3) is 4.15. The molecule has 9 nitrogen and oxygen atoms in total. The van der Waals surface area contributed by atoms with Gasteiger partial charge in [0, 0.05) is 17.7 Å². The zero-order valence-corrected chi connectivity index (χ0v) is 20.4. The van der Waals surface area contributed by atoms with E-state index in [1.54, 1.807) is 12.1 Å². The van der Waals surface area contributed by atoms with Crippen LogP contribution in [0, 0.1) is 0 Å². The molecule has 4 N–H and O–H groups in total. The summed E-state index contributed by atoms with van der Waals surface area (Å²) < 4.78 is 6.85. The van der Waals surface area contributed by atoms with Crippen LogP contribution in [0.25, 0.3) is 22.4 Å². The van der Waals surface area contributed by atoms with Gasteiger partial charge in [-0.25, -0.2) is 14.3 Å². The van der Waals surface area contributed by atoms with Crippen molar-refractivity contribution in [3.63, 3.8) is 0 Å². The molecule has 3 unspecified atom stereocenters. The second-order valence-electron chi connectivity index (χ2n) is 9.29. The molecule has 1 saturated heterocycles. The molecule has 1 aromatic heterocycles. The van der Waals surface area contributed by atoms with Crippen molar-refractivity contribution < 1.29 is 23.7 Å². The molecule has 0 saturated carbocycles. The van der Waals surface area contributed by atoms with Gasteiger partial charge in [-0.1, -0.05) is 36.4 Å². The minimum Gasteiger partial charge on any atom is -0.453 e. The lowest BCUT2D eigenvalue weighted by molar-refractivity contribution is -0.726. The van der Waals surface area contributed by atoms with Crippen molar-refractivity contribution in [3.8, 4) is 22.4 Å². The Hall–Kier alpha value is -3.98. The quantitative estimate of drug-likeness (QED) is 0.377. The van der Waals surface area contributed by atoms with Gasteiger partial charge < -0.3 is 20.7 Å². The highest BCUT2D eigenvalue weighted by molar-refractivity contribution is 5.97. The highest BCUT2D eigenvalue weighted by atomic mass is 16.5. The van der Waals surface area contributed by atoms with Crippen molar-refractivity contribution in [2.24, 2.45) is 5.73 Å². The number of alkyl carbamates (subject to hydrolysis) is 1. The van der Waals surface area contributed by atoms with Crippen molar-refractivity contribution in [1.82, 2.24) is 15.2 Å². The minimum atomic E-state index is -0.718. The van der Waals surface area contributed by atoms with Gasteiger partial charge in [-0.3, -0.25) is 9.59 Å². The number of ether oxygens (including phenoxy) is 1. The Morgan fingerprint density at radius 3 is 2.39 bits per heavy atom. The SMILES string of the molecule is COC(=O)NC1C(=O)N2CCCC2c2[nH]c(-c3ccc(-c4ccc(C(=O)CN)cc4)cc3)c[n+]2C1C. The zero-order chi connectivity index (χ0) is 25.4. The molecular weight excluding hydrogens is 458 g/mol. The molecule has 2 amide bonds. The number of aromatic nitrogens is 2. The fourth-order valence-electron chi connectivity index (χ4n) is 5.22. The molecule has 2 aromatic carbocycles. The van der Waals surface area contributed by atoms with Gasteiger partial charge in [0.25, 0.3) is 5.82 Å². The Morgan fingerprint density at radius 1 is 1.11 bits per heavy atom. The number of ketones is 1. The molecule has 186 valence electrons. The van der Waals surface area contributed by atoms with Crippen LogP contribution in [0.1, 0.15) is 48.0 Å². The van der Waals surface area contributed by atoms with E-state index in [0.717, 1.165) is 41.1 Å². The van der Waals surface area contributed by atoms with E-state index in [1.807, 2.05) is 54.4 Å². The summed E-state index contributed by atoms with van der Waals surface area (Å²) in [7, 11) is 1.30. The molecule has 3 atom stereocenters. The number of rotatable bonds is 5. The number of fused-ring (bicyclic) bond motifs is 3. The number of nitrogens with two attached hydrogens (primary N) is 1. The van der Waals surface area contributed by atoms with E-state index in [2.05, 4.69) is 14.9 Å². The van der Waals surface area contributed by atoms with Crippen LogP contribution in [0.5, 0.6) is 0 Å². The average Bonchev–Trinajstić information content (AvgIpc) is 3.57. The van der Waals surface area contributed by atoms with Gasteiger partial charge in [0.15, 0.2) is 17.5 Å². The number of Topliss-reactive ketones (excluding diaryl/α,β-unsaturated/α-hetero) is 1. The van der Waals surface area contributed by atoms with Crippen molar-refractivity contribution >= 4 is 17.8 Å². The molecule has 1 fully saturated rings. The summed E-state index contributed by atoms with van der Waals surface area (Å²) in [5.41, 5.74) is 10.1. The first-order valence-corrected chi connectivity index (χ1v) is 12.1. The lowest BCUT2D eigenvalue weighted by Crippen LogP contribution is -2.55. The Bertz CT molecular complexity index is 1300. The first kappa shape index (κ1) is 23.7. The number of carbonyl (C=O) groups is 3. The van der Waals surface area contributed by atoms with Gasteiger partial charge >= 0.3 is 6.09 Å². The Labute approximate surface area is 209 Å². The number of H-pyrrole nitrogens is 1. The molecule has 0 bridgehead atoms. The first-order chi connectivity index (χ1) is 17.4. The van der Waals surface area contributed by atoms with Gasteiger partial charge in [-0.15, -0.1) is 0 Å². The van der Waals surface area contributed by atoms with Crippen LogP contribution in [0.4, 0.5) is 4.79 Å². The molecule has 0 aliphatic carbocycles. The molecular formula is C27H30N5O4+. The lowest BCUT2D eigenvalue weighted by Gasteiger charge is -2.24. The summed E-state index contributed by atoms with van der Waals surface area (Å²) in [4.78, 5) is 42.5. The fourth-order valence-corrected chi connectivity index (χ4v) is 5.22. The summed E-state index contributed by atoms with van der Waals surface area (Å²) in [5, 5.41) is 2.74. The summed E-state index contributed by atoms with van der Waals surface area (Å²) in [6.45, 7) is 2.59. The van der Waals surface area contributed by atoms with Crippen molar-refractivity contribution in [3.05, 3.63) is 66.1 Å². The van der Waals surface area contributed by atoms with E-state index in [1.165, 1.54) is 7.11 Å². The van der Waals surface area contributed by atoms with Crippen LogP contribution in [0.2, 0.25) is 0 Å². The number of nitrogens with zero attached hydrogens (tertiary/aromatic N) is 2. The molecule has 9 heteroatoms. The van der Waals surface area contributed by atoms with Crippen LogP contribution in [-0.2, 0) is 9.53 Å². The molecule has 2 aliphatic rings. The van der Waals surface area contributed by atoms with Gasteiger partial charge in [0.2, 0.25) is 5.91 Å². The fraction of sp³-hybridized carbons (Fsp3) is 0.333. The Morgan fingerprint density at radius 2 is 1.75 bits per heavy atom. The van der Waals surface area contributed by atoms with Crippen LogP contribution in [0.15, 0.2) is 54.7 Å². The third-order valence-electron chi connectivity index (χ3n) is 7.23. The van der Waals surface area contributed by atoms with Crippen molar-refractivity contribution in [2.75, 3.05) is 20.2 Å². The van der Waals surface area contributed by atoms with E-state index in [9.17, 15) is 14.4 Å². The largest absolute Gasteiger partial charge is 0.453 e. The predicted octanol–water partition coefficient (Wildman–Crippen LogP) is 2.74. The van der Waals surface area contributed by atoms with Crippen molar-refractivity contribution in [2.45, 2.75) is 37.9 Å². The molecule has 3 heterocycles. The Kier molecular flexibility index (Phi) is 6.32. The standard InChI is InChI=1S/C27H29N5O4/c1-16-24(30-27(35)36-2)26(34)31-13-3-4-22(31)25-29-21(15-32(16)25)19-9-5-17(6-10-19)18-7-11-20(12-8-18)23(33)14-28/h5-12,15-16,22,24H,3-4,13-14,28H2,1-2H3,(H,30,35)/p+1. The molecule has 0 radical (unpaired) electrons. The second-order valence-corrected chi connectivity index (χ2v) is 9.29. The molecule has 0 spiro atoms. The van der Waals surface area contributed by atoms with Gasteiger partial charge in [0.05, 0.1) is 13.7 Å². The van der Waals surface area contributed by atoms with Crippen molar-refractivity contribution in [1.29, 1.82) is 0 Å². The number of methoxy groups -OCH3 is 1. The maximum atomic E-state index is 13.3. The number of imidazole rings is 1. The second kappa shape index (κ2) is 9.58. The maximum absolute atomic E-state index is 13.3. The summed E-state index contributed by atoms with van der Waals surface area (Å²) in [5.74, 6) is 0.793. The van der Waals surface area contributed by atoms with Gasteiger partial charge in [-0.05, 0) is 43.0 Å². The number of aromatic amines is 1. The number of carbonyl (C=O) groups excluding carboxylic acids is 3. The number of hydrogen-bond donors (Lipinski definition) is 3. The maximum Gasteiger partial charge on any atom is 0.407 e. The summed E-state index contributed by atoms with van der Waals surface area (Å²) in [6, 6.07) is 14.5. The van der Waals surface area contributed by atoms with Crippen LogP contribution >= 0.6 is 0 Å². The normalized spacial score (nSPS) is 20.9. The van der Waals surface area contributed by atoms with Crippen LogP contribution < -0.4 is 15.6 Å². The number of benzene rings is 2. The average molecular weight is 489 g/mol. The smallest absolute Gasteiger partial charge is 0.407 e. The molecule has 5 rings (SSSR count). The van der Waals surface area contributed by atoms with E-state index in [-0.39, 0.29) is 30.3 Å². The molecule has 3 aromatic rings. The van der Waals surface area contributed by atoms with E-state index in [4.69, 9.17) is 10.5 Å². The highest BCUT2D eigenvalue weighted by Gasteiger charge is 2.47. The predicted molar refractivity (Wildman–Crippen MR) is 133 cm³/mol. The summed E-state index contributed by atoms with van der Waals surface area (Å²) >= 11 is 0. The van der Waals surface area contributed by atoms with Gasteiger partial charge in [-0.2, -0.15) is 0 Å². The third-order valence-corrected chi connectivity index (χ3v) is 7.23. The minimum absolute atomic E-state index is 0.00290. The number of nitrogens with one attached hydrogen (secondary N) is 2. The van der Waals surface area contributed by atoms with E-state index < -0.39 is 12.1 Å². The zero-order valence-electron chi connectivity index (χ0n) is 20.4. The Balaban J connectivity index is 1.45. The van der Waals surface area contributed by atoms with Crippen LogP contribution in [0.3, 0.4) is 0 Å². The van der Waals surface area contributed by atoms with E-state index in [0.29, 0.717) is 12.1 Å². The summed E-state index contributed by atoms with van der Waals surface area (Å²) in [6.07, 6.45) is 3.18. The number of hydrogen-bond acceptors (Lipinski definition) is 5. The first-order valence-electron chi connectivity index (χ1n) is 12.1. The topological polar surface area (TPSA) is 121 Å². The van der Waals surface area contributed by atoms with E-state index >= 15 is 0 Å². The number of amides is 2. The monoisotopic (exact) mass is 488 g/mol. The van der Waals surface area contributed by atoms with Crippen LogP contribution in [-0.4, -0.2) is 53.9 Å². The lowest BCUT2D eigenvalue weighted by atomic mass is 10.0. The molecule has 36 heavy (non-hydrogen) atoms. The molecule has 2 aliphatic heterocycles. The van der Waals surface area contributed by atoms with Gasteiger partial charge in [0.1, 0.15) is 18.3 Å².